The van der Waals surface area contributed by atoms with Crippen LogP contribution in [0.4, 0.5) is 0 Å². The first-order chi connectivity index (χ1) is 7.72. The number of halogens is 1. The average Bonchev–Trinajstić information content (AvgIpc) is 2.29. The molecule has 0 unspecified atom stereocenters. The molecule has 0 atom stereocenters. The van der Waals surface area contributed by atoms with Crippen LogP contribution in [0, 0.1) is 0 Å². The number of benzene rings is 1. The lowest BCUT2D eigenvalue weighted by atomic mass is 10.1. The SMILES string of the molecule is CCCN=C(N)NCCc1ccc(Cl)cc1. The second-order valence-corrected chi connectivity index (χ2v) is 4.01. The van der Waals surface area contributed by atoms with Crippen molar-refractivity contribution in [2.24, 2.45) is 10.7 Å². The summed E-state index contributed by atoms with van der Waals surface area (Å²) in [6, 6.07) is 7.82. The van der Waals surface area contributed by atoms with Crippen molar-refractivity contribution in [1.82, 2.24) is 5.32 Å². The summed E-state index contributed by atoms with van der Waals surface area (Å²) in [6.07, 6.45) is 1.93. The topological polar surface area (TPSA) is 50.4 Å². The number of aliphatic imine (C=N–C) groups is 1. The van der Waals surface area contributed by atoms with Gasteiger partial charge in [0.05, 0.1) is 0 Å². The van der Waals surface area contributed by atoms with Crippen molar-refractivity contribution < 1.29 is 0 Å². The summed E-state index contributed by atoms with van der Waals surface area (Å²) in [5.74, 6) is 0.524. The molecule has 0 heterocycles. The van der Waals surface area contributed by atoms with E-state index in [4.69, 9.17) is 17.3 Å². The maximum Gasteiger partial charge on any atom is 0.188 e. The minimum absolute atomic E-state index is 0.524. The third-order valence-corrected chi connectivity index (χ3v) is 2.39. The number of guanidine groups is 1. The van der Waals surface area contributed by atoms with Gasteiger partial charge in [-0.1, -0.05) is 30.7 Å². The number of nitrogens with one attached hydrogen (secondary N) is 1. The van der Waals surface area contributed by atoms with Gasteiger partial charge in [-0.05, 0) is 30.5 Å². The fourth-order valence-electron chi connectivity index (χ4n) is 1.27. The smallest absolute Gasteiger partial charge is 0.188 e. The van der Waals surface area contributed by atoms with Crippen molar-refractivity contribution in [1.29, 1.82) is 0 Å². The molecule has 0 aliphatic rings. The van der Waals surface area contributed by atoms with Crippen LogP contribution in [-0.2, 0) is 6.42 Å². The van der Waals surface area contributed by atoms with Gasteiger partial charge >= 0.3 is 0 Å². The summed E-state index contributed by atoms with van der Waals surface area (Å²) in [4.78, 5) is 4.15. The third kappa shape index (κ3) is 5.03. The largest absolute Gasteiger partial charge is 0.370 e. The number of rotatable bonds is 5. The highest BCUT2D eigenvalue weighted by Gasteiger charge is 1.94. The molecule has 1 rings (SSSR count). The van der Waals surface area contributed by atoms with Crippen LogP contribution in [0.15, 0.2) is 29.3 Å². The molecule has 0 saturated heterocycles. The van der Waals surface area contributed by atoms with Crippen molar-refractivity contribution in [3.05, 3.63) is 34.9 Å². The molecule has 1 aromatic carbocycles. The van der Waals surface area contributed by atoms with Gasteiger partial charge in [-0.25, -0.2) is 0 Å². The Balaban J connectivity index is 2.27. The molecule has 0 spiro atoms. The Morgan fingerprint density at radius 2 is 2.06 bits per heavy atom. The highest BCUT2D eigenvalue weighted by molar-refractivity contribution is 6.30. The van der Waals surface area contributed by atoms with E-state index in [1.54, 1.807) is 0 Å². The Kier molecular flexibility index (Phi) is 5.72. The fourth-order valence-corrected chi connectivity index (χ4v) is 1.40. The van der Waals surface area contributed by atoms with Gasteiger partial charge < -0.3 is 11.1 Å². The Morgan fingerprint density at radius 1 is 1.38 bits per heavy atom. The molecule has 88 valence electrons. The normalized spacial score (nSPS) is 11.5. The Labute approximate surface area is 102 Å². The molecular weight excluding hydrogens is 222 g/mol. The molecule has 16 heavy (non-hydrogen) atoms. The van der Waals surface area contributed by atoms with Crippen LogP contribution in [-0.4, -0.2) is 19.0 Å². The molecule has 0 bridgehead atoms. The quantitative estimate of drug-likeness (QED) is 0.611. The van der Waals surface area contributed by atoms with Crippen molar-refractivity contribution >= 4 is 17.6 Å². The second kappa shape index (κ2) is 7.12. The Bertz CT molecular complexity index is 333. The molecule has 3 nitrogen and oxygen atoms in total. The maximum atomic E-state index is 5.80. The monoisotopic (exact) mass is 239 g/mol. The predicted molar refractivity (Wildman–Crippen MR) is 69.9 cm³/mol. The van der Waals surface area contributed by atoms with E-state index in [0.29, 0.717) is 5.96 Å². The molecule has 0 aliphatic carbocycles. The summed E-state index contributed by atoms with van der Waals surface area (Å²) in [5, 5.41) is 3.84. The van der Waals surface area contributed by atoms with Crippen molar-refractivity contribution in [2.45, 2.75) is 19.8 Å². The van der Waals surface area contributed by atoms with Gasteiger partial charge in [0.25, 0.3) is 0 Å². The molecule has 0 saturated carbocycles. The van der Waals surface area contributed by atoms with Gasteiger partial charge in [0.2, 0.25) is 0 Å². The zero-order valence-electron chi connectivity index (χ0n) is 9.54. The van der Waals surface area contributed by atoms with Gasteiger partial charge in [0.15, 0.2) is 5.96 Å². The first-order valence-corrected chi connectivity index (χ1v) is 5.88. The van der Waals surface area contributed by atoms with Crippen LogP contribution in [0.1, 0.15) is 18.9 Å². The van der Waals surface area contributed by atoms with Gasteiger partial charge in [-0.3, -0.25) is 4.99 Å². The van der Waals surface area contributed by atoms with Crippen molar-refractivity contribution in [3.8, 4) is 0 Å². The molecule has 0 amide bonds. The molecule has 0 radical (unpaired) electrons. The summed E-state index contributed by atoms with van der Waals surface area (Å²) in [7, 11) is 0. The van der Waals surface area contributed by atoms with Crippen LogP contribution in [0.2, 0.25) is 5.02 Å². The minimum Gasteiger partial charge on any atom is -0.370 e. The van der Waals surface area contributed by atoms with E-state index in [9.17, 15) is 0 Å². The van der Waals surface area contributed by atoms with E-state index < -0.39 is 0 Å². The summed E-state index contributed by atoms with van der Waals surface area (Å²) in [6.45, 7) is 3.64. The van der Waals surface area contributed by atoms with E-state index in [1.165, 1.54) is 5.56 Å². The summed E-state index contributed by atoms with van der Waals surface area (Å²) >= 11 is 5.80. The van der Waals surface area contributed by atoms with E-state index >= 15 is 0 Å². The summed E-state index contributed by atoms with van der Waals surface area (Å²) in [5.41, 5.74) is 6.90. The van der Waals surface area contributed by atoms with Crippen LogP contribution in [0.5, 0.6) is 0 Å². The number of hydrogen-bond acceptors (Lipinski definition) is 1. The molecule has 1 aromatic rings. The molecule has 0 fully saturated rings. The highest BCUT2D eigenvalue weighted by Crippen LogP contribution is 2.09. The van der Waals surface area contributed by atoms with Crippen LogP contribution in [0.3, 0.4) is 0 Å². The van der Waals surface area contributed by atoms with Gasteiger partial charge in [0.1, 0.15) is 0 Å². The Hall–Kier alpha value is -1.22. The number of nitrogens with two attached hydrogens (primary N) is 1. The van der Waals surface area contributed by atoms with Crippen molar-refractivity contribution in [3.63, 3.8) is 0 Å². The molecular formula is C12H18ClN3. The van der Waals surface area contributed by atoms with Gasteiger partial charge in [-0.15, -0.1) is 0 Å². The van der Waals surface area contributed by atoms with Crippen molar-refractivity contribution in [2.75, 3.05) is 13.1 Å². The second-order valence-electron chi connectivity index (χ2n) is 3.57. The van der Waals surface area contributed by atoms with Crippen LogP contribution < -0.4 is 11.1 Å². The lowest BCUT2D eigenvalue weighted by Gasteiger charge is -2.05. The average molecular weight is 240 g/mol. The first-order valence-electron chi connectivity index (χ1n) is 5.50. The Morgan fingerprint density at radius 3 is 2.69 bits per heavy atom. The minimum atomic E-state index is 0.524. The van der Waals surface area contributed by atoms with Gasteiger partial charge in [0, 0.05) is 18.1 Å². The predicted octanol–water partition coefficient (Wildman–Crippen LogP) is 2.20. The van der Waals surface area contributed by atoms with Crippen LogP contribution in [0.25, 0.3) is 0 Å². The molecule has 4 heteroatoms. The maximum absolute atomic E-state index is 5.80. The summed E-state index contributed by atoms with van der Waals surface area (Å²) < 4.78 is 0. The van der Waals surface area contributed by atoms with Crippen LogP contribution >= 0.6 is 11.6 Å². The van der Waals surface area contributed by atoms with E-state index in [-0.39, 0.29) is 0 Å². The fraction of sp³-hybridized carbons (Fsp3) is 0.417. The standard InChI is InChI=1S/C12H18ClN3/c1-2-8-15-12(14)16-9-7-10-3-5-11(13)6-4-10/h3-6H,2,7-9H2,1H3,(H3,14,15,16). The van der Waals surface area contributed by atoms with Gasteiger partial charge in [-0.2, -0.15) is 0 Å². The van der Waals surface area contributed by atoms with E-state index in [1.807, 2.05) is 24.3 Å². The molecule has 0 aliphatic heterocycles. The zero-order chi connectivity index (χ0) is 11.8. The molecule has 3 N–H and O–H groups in total. The van der Waals surface area contributed by atoms with E-state index in [2.05, 4.69) is 17.2 Å². The number of hydrogen-bond donors (Lipinski definition) is 2. The lowest BCUT2D eigenvalue weighted by molar-refractivity contribution is 0.839. The third-order valence-electron chi connectivity index (χ3n) is 2.14. The highest BCUT2D eigenvalue weighted by atomic mass is 35.5. The van der Waals surface area contributed by atoms with E-state index in [0.717, 1.165) is 31.0 Å². The first kappa shape index (κ1) is 12.8. The lowest BCUT2D eigenvalue weighted by Crippen LogP contribution is -2.33. The zero-order valence-corrected chi connectivity index (χ0v) is 10.3. The molecule has 0 aromatic heterocycles. The number of nitrogens with zero attached hydrogens (tertiary/aromatic N) is 1.